The number of carbonyl (C=O) groups is 1. The number of para-hydroxylation sites is 1. The Morgan fingerprint density at radius 3 is 2.67 bits per heavy atom. The van der Waals surface area contributed by atoms with Crippen LogP contribution in [0.2, 0.25) is 0 Å². The van der Waals surface area contributed by atoms with E-state index in [4.69, 9.17) is 12.2 Å². The van der Waals surface area contributed by atoms with E-state index in [-0.39, 0.29) is 11.6 Å². The summed E-state index contributed by atoms with van der Waals surface area (Å²) in [6, 6.07) is 6.27. The van der Waals surface area contributed by atoms with Gasteiger partial charge in [-0.3, -0.25) is 19.8 Å². The van der Waals surface area contributed by atoms with Crippen molar-refractivity contribution in [2.24, 2.45) is 0 Å². The summed E-state index contributed by atoms with van der Waals surface area (Å²) in [5.74, 6) is -0.233. The number of benzene rings is 1. The molecule has 0 atom stereocenters. The molecule has 18 heavy (non-hydrogen) atoms. The van der Waals surface area contributed by atoms with E-state index >= 15 is 0 Å². The fourth-order valence-corrected chi connectivity index (χ4v) is 2.63. The van der Waals surface area contributed by atoms with E-state index < -0.39 is 4.92 Å². The maximum Gasteiger partial charge on any atom is 0.276 e. The summed E-state index contributed by atoms with van der Waals surface area (Å²) in [7, 11) is 1.58. The monoisotopic (exact) mass is 280 g/mol. The normalized spacial score (nSPS) is 17.6. The Labute approximate surface area is 113 Å². The van der Waals surface area contributed by atoms with Gasteiger partial charge in [-0.05, 0) is 12.1 Å². The molecule has 1 amide bonds. The van der Waals surface area contributed by atoms with Crippen LogP contribution in [0.1, 0.15) is 5.56 Å². The molecule has 1 saturated heterocycles. The first-order valence-electron chi connectivity index (χ1n) is 4.95. The molecule has 0 aromatic heterocycles. The molecule has 1 aromatic carbocycles. The molecule has 1 aliphatic rings. The van der Waals surface area contributed by atoms with E-state index in [0.717, 1.165) is 11.8 Å². The highest BCUT2D eigenvalue weighted by atomic mass is 32.2. The highest BCUT2D eigenvalue weighted by Gasteiger charge is 2.29. The van der Waals surface area contributed by atoms with Crippen molar-refractivity contribution in [3.63, 3.8) is 0 Å². The van der Waals surface area contributed by atoms with Gasteiger partial charge >= 0.3 is 0 Å². The van der Waals surface area contributed by atoms with Gasteiger partial charge in [0.15, 0.2) is 0 Å². The van der Waals surface area contributed by atoms with Crippen LogP contribution < -0.4 is 0 Å². The zero-order chi connectivity index (χ0) is 13.3. The summed E-state index contributed by atoms with van der Waals surface area (Å²) in [6.07, 6.45) is 1.50. The Bertz CT molecular complexity index is 583. The van der Waals surface area contributed by atoms with Crippen LogP contribution in [-0.2, 0) is 4.79 Å². The fraction of sp³-hybridized carbons (Fsp3) is 0.0909. The molecule has 2 rings (SSSR count). The molecule has 0 N–H and O–H groups in total. The van der Waals surface area contributed by atoms with Crippen LogP contribution in [0.15, 0.2) is 29.2 Å². The summed E-state index contributed by atoms with van der Waals surface area (Å²) >= 11 is 6.13. The van der Waals surface area contributed by atoms with Crippen molar-refractivity contribution in [2.45, 2.75) is 0 Å². The fourth-order valence-electron chi connectivity index (χ4n) is 1.46. The quantitative estimate of drug-likeness (QED) is 0.360. The molecule has 0 unspecified atom stereocenters. The van der Waals surface area contributed by atoms with Gasteiger partial charge in [-0.15, -0.1) is 0 Å². The average molecular weight is 280 g/mol. The molecule has 0 aliphatic carbocycles. The molecule has 1 fully saturated rings. The predicted octanol–water partition coefficient (Wildman–Crippen LogP) is 2.43. The van der Waals surface area contributed by atoms with Gasteiger partial charge in [0.2, 0.25) is 0 Å². The number of thioether (sulfide) groups is 1. The summed E-state index contributed by atoms with van der Waals surface area (Å²) in [5, 5.41) is 10.9. The Morgan fingerprint density at radius 2 is 2.11 bits per heavy atom. The van der Waals surface area contributed by atoms with Crippen molar-refractivity contribution in [1.82, 2.24) is 4.90 Å². The molecular formula is C11H8N2O3S2. The first-order valence-corrected chi connectivity index (χ1v) is 6.18. The van der Waals surface area contributed by atoms with Crippen LogP contribution in [0, 0.1) is 10.1 Å². The summed E-state index contributed by atoms with van der Waals surface area (Å²) in [5.41, 5.74) is 0.371. The summed E-state index contributed by atoms with van der Waals surface area (Å²) in [6.45, 7) is 0. The standard InChI is InChI=1S/C11H8N2O3S2/c1-12-10(14)9(18-11(12)17)6-7-4-2-3-5-8(7)13(15)16/h2-6H,1H3/b9-6-. The molecule has 1 aliphatic heterocycles. The number of hydrogen-bond donors (Lipinski definition) is 0. The molecule has 0 saturated carbocycles. The van der Waals surface area contributed by atoms with Crippen molar-refractivity contribution < 1.29 is 9.72 Å². The van der Waals surface area contributed by atoms with E-state index in [2.05, 4.69) is 0 Å². The lowest BCUT2D eigenvalue weighted by Crippen LogP contribution is -2.22. The second-order valence-corrected chi connectivity index (χ2v) is 5.23. The van der Waals surface area contributed by atoms with Gasteiger partial charge in [-0.25, -0.2) is 0 Å². The number of likely N-dealkylation sites (N-methyl/N-ethyl adjacent to an activating group) is 1. The Hall–Kier alpha value is -1.73. The van der Waals surface area contributed by atoms with Crippen LogP contribution in [0.25, 0.3) is 6.08 Å². The van der Waals surface area contributed by atoms with Crippen LogP contribution in [0.3, 0.4) is 0 Å². The van der Waals surface area contributed by atoms with Crippen molar-refractivity contribution in [2.75, 3.05) is 7.05 Å². The van der Waals surface area contributed by atoms with E-state index in [1.54, 1.807) is 25.2 Å². The smallest absolute Gasteiger partial charge is 0.276 e. The van der Waals surface area contributed by atoms with Gasteiger partial charge in [0.1, 0.15) is 4.32 Å². The Morgan fingerprint density at radius 1 is 1.44 bits per heavy atom. The summed E-state index contributed by atoms with van der Waals surface area (Å²) < 4.78 is 0.449. The highest BCUT2D eigenvalue weighted by Crippen LogP contribution is 2.32. The van der Waals surface area contributed by atoms with Crippen molar-refractivity contribution >= 4 is 46.0 Å². The Kier molecular flexibility index (Phi) is 3.44. The van der Waals surface area contributed by atoms with Gasteiger partial charge in [0.25, 0.3) is 11.6 Å². The minimum Gasteiger partial charge on any atom is -0.296 e. The lowest BCUT2D eigenvalue weighted by atomic mass is 10.1. The number of nitro benzene ring substituents is 1. The highest BCUT2D eigenvalue weighted by molar-refractivity contribution is 8.26. The van der Waals surface area contributed by atoms with Gasteiger partial charge in [-0.1, -0.05) is 36.1 Å². The predicted molar refractivity (Wildman–Crippen MR) is 74.0 cm³/mol. The minimum absolute atomic E-state index is 0.0288. The lowest BCUT2D eigenvalue weighted by Gasteiger charge is -2.03. The number of carbonyl (C=O) groups excluding carboxylic acids is 1. The maximum atomic E-state index is 11.8. The largest absolute Gasteiger partial charge is 0.296 e. The molecular weight excluding hydrogens is 272 g/mol. The van der Waals surface area contributed by atoms with E-state index in [9.17, 15) is 14.9 Å². The molecule has 1 heterocycles. The van der Waals surface area contributed by atoms with Gasteiger partial charge in [0.05, 0.1) is 15.4 Å². The third-order valence-electron chi connectivity index (χ3n) is 2.41. The summed E-state index contributed by atoms with van der Waals surface area (Å²) in [4.78, 5) is 23.9. The van der Waals surface area contributed by atoms with Gasteiger partial charge < -0.3 is 0 Å². The third kappa shape index (κ3) is 2.27. The number of nitrogens with zero attached hydrogens (tertiary/aromatic N) is 2. The van der Waals surface area contributed by atoms with Crippen LogP contribution >= 0.6 is 24.0 Å². The lowest BCUT2D eigenvalue weighted by molar-refractivity contribution is -0.385. The van der Waals surface area contributed by atoms with Crippen molar-refractivity contribution in [3.8, 4) is 0 Å². The first-order chi connectivity index (χ1) is 8.50. The van der Waals surface area contributed by atoms with Crippen LogP contribution in [0.4, 0.5) is 5.69 Å². The molecule has 5 nitrogen and oxygen atoms in total. The van der Waals surface area contributed by atoms with E-state index in [1.807, 2.05) is 0 Å². The van der Waals surface area contributed by atoms with E-state index in [1.165, 1.54) is 17.0 Å². The molecule has 1 aromatic rings. The number of hydrogen-bond acceptors (Lipinski definition) is 5. The number of nitro groups is 1. The number of amides is 1. The second-order valence-electron chi connectivity index (χ2n) is 3.56. The van der Waals surface area contributed by atoms with Crippen LogP contribution in [-0.4, -0.2) is 27.1 Å². The minimum atomic E-state index is -0.474. The zero-order valence-corrected chi connectivity index (χ0v) is 11.0. The van der Waals surface area contributed by atoms with Crippen molar-refractivity contribution in [3.05, 3.63) is 44.8 Å². The Balaban J connectivity index is 2.43. The average Bonchev–Trinajstić information content (AvgIpc) is 2.57. The van der Waals surface area contributed by atoms with Gasteiger partial charge in [-0.2, -0.15) is 0 Å². The second kappa shape index (κ2) is 4.87. The van der Waals surface area contributed by atoms with Gasteiger partial charge in [0, 0.05) is 13.1 Å². The number of rotatable bonds is 2. The maximum absolute atomic E-state index is 11.8. The molecule has 0 radical (unpaired) electrons. The van der Waals surface area contributed by atoms with Crippen molar-refractivity contribution in [1.29, 1.82) is 0 Å². The topological polar surface area (TPSA) is 63.5 Å². The molecule has 0 spiro atoms. The molecule has 92 valence electrons. The van der Waals surface area contributed by atoms with Crippen LogP contribution in [0.5, 0.6) is 0 Å². The third-order valence-corrected chi connectivity index (χ3v) is 3.89. The van der Waals surface area contributed by atoms with E-state index in [0.29, 0.717) is 14.8 Å². The molecule has 7 heteroatoms. The molecule has 0 bridgehead atoms. The number of thiocarbonyl (C=S) groups is 1. The SMILES string of the molecule is CN1C(=O)/C(=C/c2ccccc2[N+](=O)[O-])SC1=S. The first kappa shape index (κ1) is 12.7. The zero-order valence-electron chi connectivity index (χ0n) is 9.32.